The lowest BCUT2D eigenvalue weighted by Gasteiger charge is -2.31. The van der Waals surface area contributed by atoms with Crippen LogP contribution in [0.15, 0.2) is 30.3 Å². The van der Waals surface area contributed by atoms with Gasteiger partial charge in [0.15, 0.2) is 0 Å². The van der Waals surface area contributed by atoms with E-state index in [9.17, 15) is 13.2 Å². The normalized spacial score (nSPS) is 16.7. The predicted octanol–water partition coefficient (Wildman–Crippen LogP) is 1.25. The van der Waals surface area contributed by atoms with E-state index in [2.05, 4.69) is 4.72 Å². The van der Waals surface area contributed by atoms with Crippen LogP contribution in [0.1, 0.15) is 18.4 Å². The molecular weight excluding hydrogens is 316 g/mol. The molecule has 0 aliphatic carbocycles. The van der Waals surface area contributed by atoms with E-state index in [4.69, 9.17) is 4.74 Å². The number of carbonyl (C=O) groups is 1. The van der Waals surface area contributed by atoms with Crippen molar-refractivity contribution in [3.63, 3.8) is 0 Å². The van der Waals surface area contributed by atoms with E-state index in [0.717, 1.165) is 17.6 Å². The molecule has 1 aliphatic rings. The minimum atomic E-state index is -3.19. The van der Waals surface area contributed by atoms with Crippen molar-refractivity contribution in [3.05, 3.63) is 35.9 Å². The summed E-state index contributed by atoms with van der Waals surface area (Å²) in [6.45, 7) is 1.11. The molecule has 1 aliphatic heterocycles. The first-order valence-corrected chi connectivity index (χ1v) is 9.35. The van der Waals surface area contributed by atoms with E-state index in [-0.39, 0.29) is 11.9 Å². The fourth-order valence-electron chi connectivity index (χ4n) is 2.51. The Kier molecular flexibility index (Phi) is 5.79. The van der Waals surface area contributed by atoms with Gasteiger partial charge in [-0.25, -0.2) is 13.1 Å². The van der Waals surface area contributed by atoms with Crippen molar-refractivity contribution < 1.29 is 17.9 Å². The standard InChI is InChI=1S/C16H22N2O4S/c1-22-15-6-3-13(4-7-15)5-8-16(19)18-11-9-14(10-12-18)17-23(2,20)21/h3-8,14,17H,9-12H2,1-2H3. The van der Waals surface area contributed by atoms with Gasteiger partial charge in [0.1, 0.15) is 5.75 Å². The van der Waals surface area contributed by atoms with Gasteiger partial charge < -0.3 is 9.64 Å². The molecule has 1 amide bonds. The molecular formula is C16H22N2O4S. The summed E-state index contributed by atoms with van der Waals surface area (Å²) in [6.07, 6.45) is 5.74. The number of hydrogen-bond acceptors (Lipinski definition) is 4. The zero-order valence-electron chi connectivity index (χ0n) is 13.4. The van der Waals surface area contributed by atoms with Gasteiger partial charge in [0.2, 0.25) is 15.9 Å². The summed E-state index contributed by atoms with van der Waals surface area (Å²) in [7, 11) is -1.58. The van der Waals surface area contributed by atoms with Gasteiger partial charge in [0.05, 0.1) is 13.4 Å². The third-order valence-corrected chi connectivity index (χ3v) is 4.48. The second-order valence-corrected chi connectivity index (χ2v) is 7.38. The van der Waals surface area contributed by atoms with Gasteiger partial charge in [0, 0.05) is 25.2 Å². The van der Waals surface area contributed by atoms with Gasteiger partial charge >= 0.3 is 0 Å². The van der Waals surface area contributed by atoms with Gasteiger partial charge in [-0.2, -0.15) is 0 Å². The van der Waals surface area contributed by atoms with Crippen molar-refractivity contribution in [2.24, 2.45) is 0 Å². The van der Waals surface area contributed by atoms with Crippen LogP contribution in [-0.4, -0.2) is 51.7 Å². The zero-order chi connectivity index (χ0) is 16.9. The first-order valence-electron chi connectivity index (χ1n) is 7.46. The van der Waals surface area contributed by atoms with Crippen molar-refractivity contribution >= 4 is 22.0 Å². The first-order chi connectivity index (χ1) is 10.9. The summed E-state index contributed by atoms with van der Waals surface area (Å²) in [5.74, 6) is 0.715. The summed E-state index contributed by atoms with van der Waals surface area (Å²) in [5.41, 5.74) is 0.924. The van der Waals surface area contributed by atoms with E-state index in [1.807, 2.05) is 24.3 Å². The fraction of sp³-hybridized carbons (Fsp3) is 0.438. The van der Waals surface area contributed by atoms with Gasteiger partial charge in [-0.3, -0.25) is 4.79 Å². The SMILES string of the molecule is COc1ccc(C=CC(=O)N2CCC(NS(C)(=O)=O)CC2)cc1. The van der Waals surface area contributed by atoms with Crippen LogP contribution in [0, 0.1) is 0 Å². The summed E-state index contributed by atoms with van der Waals surface area (Å²) in [4.78, 5) is 13.9. The van der Waals surface area contributed by atoms with E-state index in [0.29, 0.717) is 25.9 Å². The predicted molar refractivity (Wildman–Crippen MR) is 89.6 cm³/mol. The molecule has 0 unspecified atom stereocenters. The van der Waals surface area contributed by atoms with Crippen molar-refractivity contribution in [2.45, 2.75) is 18.9 Å². The summed E-state index contributed by atoms with van der Waals surface area (Å²) < 4.78 is 30.1. The highest BCUT2D eigenvalue weighted by Crippen LogP contribution is 2.14. The van der Waals surface area contributed by atoms with Gasteiger partial charge in [-0.15, -0.1) is 0 Å². The number of piperidine rings is 1. The minimum Gasteiger partial charge on any atom is -0.497 e. The number of amides is 1. The molecule has 6 nitrogen and oxygen atoms in total. The van der Waals surface area contributed by atoms with Crippen LogP contribution in [0.2, 0.25) is 0 Å². The number of likely N-dealkylation sites (tertiary alicyclic amines) is 1. The van der Waals surface area contributed by atoms with Gasteiger partial charge in [-0.1, -0.05) is 12.1 Å². The van der Waals surface area contributed by atoms with Crippen molar-refractivity contribution in [3.8, 4) is 5.75 Å². The number of hydrogen-bond donors (Lipinski definition) is 1. The van der Waals surface area contributed by atoms with E-state index < -0.39 is 10.0 Å². The lowest BCUT2D eigenvalue weighted by atomic mass is 10.1. The highest BCUT2D eigenvalue weighted by Gasteiger charge is 2.23. The number of benzene rings is 1. The van der Waals surface area contributed by atoms with E-state index >= 15 is 0 Å². The Hall–Kier alpha value is -1.86. The largest absolute Gasteiger partial charge is 0.497 e. The molecule has 2 rings (SSSR count). The molecule has 1 saturated heterocycles. The molecule has 0 atom stereocenters. The van der Waals surface area contributed by atoms with Crippen molar-refractivity contribution in [1.29, 1.82) is 0 Å². The monoisotopic (exact) mass is 338 g/mol. The molecule has 0 spiro atoms. The Morgan fingerprint density at radius 3 is 2.39 bits per heavy atom. The second kappa shape index (κ2) is 7.61. The molecule has 1 aromatic carbocycles. The molecule has 0 aromatic heterocycles. The lowest BCUT2D eigenvalue weighted by molar-refractivity contribution is -0.126. The average molecular weight is 338 g/mol. The molecule has 7 heteroatoms. The average Bonchev–Trinajstić information content (AvgIpc) is 2.52. The van der Waals surface area contributed by atoms with Crippen LogP contribution >= 0.6 is 0 Å². The number of rotatable bonds is 5. The Bertz CT molecular complexity index is 660. The highest BCUT2D eigenvalue weighted by molar-refractivity contribution is 7.88. The summed E-state index contributed by atoms with van der Waals surface area (Å²) >= 11 is 0. The van der Waals surface area contributed by atoms with Crippen molar-refractivity contribution in [1.82, 2.24) is 9.62 Å². The molecule has 0 radical (unpaired) electrons. The van der Waals surface area contributed by atoms with Crippen LogP contribution in [0.3, 0.4) is 0 Å². The Morgan fingerprint density at radius 1 is 1.26 bits per heavy atom. The highest BCUT2D eigenvalue weighted by atomic mass is 32.2. The number of carbonyl (C=O) groups excluding carboxylic acids is 1. The lowest BCUT2D eigenvalue weighted by Crippen LogP contribution is -2.45. The van der Waals surface area contributed by atoms with Crippen LogP contribution in [-0.2, 0) is 14.8 Å². The number of sulfonamides is 1. The topological polar surface area (TPSA) is 75.7 Å². The fourth-order valence-corrected chi connectivity index (χ4v) is 3.35. The third kappa shape index (κ3) is 5.69. The molecule has 126 valence electrons. The molecule has 1 fully saturated rings. The number of nitrogens with one attached hydrogen (secondary N) is 1. The molecule has 23 heavy (non-hydrogen) atoms. The minimum absolute atomic E-state index is 0.0568. The number of methoxy groups -OCH3 is 1. The van der Waals surface area contributed by atoms with Crippen molar-refractivity contribution in [2.75, 3.05) is 26.5 Å². The second-order valence-electron chi connectivity index (χ2n) is 5.60. The van der Waals surface area contributed by atoms with Crippen LogP contribution in [0.4, 0.5) is 0 Å². The molecule has 0 saturated carbocycles. The summed E-state index contributed by atoms with van der Waals surface area (Å²) in [6, 6.07) is 7.36. The van der Waals surface area contributed by atoms with Crippen LogP contribution in [0.5, 0.6) is 5.75 Å². The quantitative estimate of drug-likeness (QED) is 0.820. The molecule has 1 heterocycles. The smallest absolute Gasteiger partial charge is 0.246 e. The Balaban J connectivity index is 1.85. The van der Waals surface area contributed by atoms with Crippen LogP contribution in [0.25, 0.3) is 6.08 Å². The maximum Gasteiger partial charge on any atom is 0.246 e. The Labute approximate surface area is 137 Å². The number of ether oxygens (including phenoxy) is 1. The van der Waals surface area contributed by atoms with Crippen LogP contribution < -0.4 is 9.46 Å². The van der Waals surface area contributed by atoms with Gasteiger partial charge in [-0.05, 0) is 36.6 Å². The maximum absolute atomic E-state index is 12.2. The maximum atomic E-state index is 12.2. The first kappa shape index (κ1) is 17.5. The zero-order valence-corrected chi connectivity index (χ0v) is 14.2. The van der Waals surface area contributed by atoms with E-state index in [1.54, 1.807) is 24.2 Å². The molecule has 0 bridgehead atoms. The van der Waals surface area contributed by atoms with E-state index in [1.165, 1.54) is 0 Å². The molecule has 1 aromatic rings. The molecule has 1 N–H and O–H groups in total. The Morgan fingerprint density at radius 2 is 1.87 bits per heavy atom. The number of nitrogens with zero attached hydrogens (tertiary/aromatic N) is 1. The van der Waals surface area contributed by atoms with Gasteiger partial charge in [0.25, 0.3) is 0 Å². The summed E-state index contributed by atoms with van der Waals surface area (Å²) in [5, 5.41) is 0. The third-order valence-electron chi connectivity index (χ3n) is 3.72.